The first-order valence-electron chi connectivity index (χ1n) is 8.11. The van der Waals surface area contributed by atoms with Gasteiger partial charge in [-0.3, -0.25) is 14.5 Å². The minimum atomic E-state index is -0.215. The number of hydrogen-bond acceptors (Lipinski definition) is 4. The maximum atomic E-state index is 12.3. The number of carbonyl (C=O) groups excluding carboxylic acids is 1. The average molecular weight is 349 g/mol. The van der Waals surface area contributed by atoms with Gasteiger partial charge in [-0.25, -0.2) is 0 Å². The van der Waals surface area contributed by atoms with E-state index in [4.69, 9.17) is 16.3 Å². The number of aromatic nitrogens is 3. The Balaban J connectivity index is 1.51. The lowest BCUT2D eigenvalue weighted by molar-refractivity contribution is 0.0888. The summed E-state index contributed by atoms with van der Waals surface area (Å²) in [6.45, 7) is 1.94. The van der Waals surface area contributed by atoms with Gasteiger partial charge in [0.15, 0.2) is 5.69 Å². The van der Waals surface area contributed by atoms with Crippen LogP contribution in [0.25, 0.3) is 0 Å². The number of hydrogen-bond donors (Lipinski definition) is 1. The molecule has 2 heterocycles. The van der Waals surface area contributed by atoms with Gasteiger partial charge in [-0.15, -0.1) is 0 Å². The second-order valence-corrected chi connectivity index (χ2v) is 6.56. The van der Waals surface area contributed by atoms with Crippen molar-refractivity contribution in [1.82, 2.24) is 20.1 Å². The predicted octanol–water partition coefficient (Wildman–Crippen LogP) is 2.90. The van der Waals surface area contributed by atoms with Crippen molar-refractivity contribution in [2.45, 2.75) is 44.8 Å². The molecule has 1 saturated carbocycles. The molecule has 2 aromatic rings. The van der Waals surface area contributed by atoms with Crippen LogP contribution >= 0.6 is 11.6 Å². The van der Waals surface area contributed by atoms with Crippen molar-refractivity contribution in [3.63, 3.8) is 0 Å². The summed E-state index contributed by atoms with van der Waals surface area (Å²) >= 11 is 6.02. The molecule has 0 unspecified atom stereocenters. The molecule has 128 valence electrons. The van der Waals surface area contributed by atoms with E-state index in [1.54, 1.807) is 19.4 Å². The summed E-state index contributed by atoms with van der Waals surface area (Å²) < 4.78 is 7.57. The van der Waals surface area contributed by atoms with Crippen molar-refractivity contribution in [3.8, 4) is 5.75 Å². The van der Waals surface area contributed by atoms with Crippen LogP contribution in [0.5, 0.6) is 5.75 Å². The number of rotatable bonds is 4. The van der Waals surface area contributed by atoms with Crippen LogP contribution in [0.2, 0.25) is 5.02 Å². The fraction of sp³-hybridized carbons (Fsp3) is 0.471. The predicted molar refractivity (Wildman–Crippen MR) is 91.3 cm³/mol. The van der Waals surface area contributed by atoms with Crippen LogP contribution in [0.4, 0.5) is 0 Å². The number of pyridine rings is 1. The maximum absolute atomic E-state index is 12.3. The van der Waals surface area contributed by atoms with Gasteiger partial charge in [-0.2, -0.15) is 5.10 Å². The number of halogens is 1. The molecule has 7 heteroatoms. The van der Waals surface area contributed by atoms with Gasteiger partial charge in [0.1, 0.15) is 5.75 Å². The molecule has 0 radical (unpaired) electrons. The molecule has 0 bridgehead atoms. The normalized spacial score (nSPS) is 20.6. The number of aryl methyl sites for hydroxylation is 2. The van der Waals surface area contributed by atoms with Gasteiger partial charge in [0, 0.05) is 25.5 Å². The van der Waals surface area contributed by atoms with Crippen LogP contribution in [0.3, 0.4) is 0 Å². The molecule has 1 fully saturated rings. The number of amides is 1. The lowest BCUT2D eigenvalue weighted by Gasteiger charge is -2.29. The number of nitrogens with zero attached hydrogens (tertiary/aromatic N) is 3. The quantitative estimate of drug-likeness (QED) is 0.922. The van der Waals surface area contributed by atoms with Gasteiger partial charge in [-0.05, 0) is 44.7 Å². The molecule has 0 saturated heterocycles. The van der Waals surface area contributed by atoms with Crippen molar-refractivity contribution in [2.24, 2.45) is 7.05 Å². The van der Waals surface area contributed by atoms with E-state index >= 15 is 0 Å². The van der Waals surface area contributed by atoms with Gasteiger partial charge < -0.3 is 10.1 Å². The van der Waals surface area contributed by atoms with E-state index in [1.807, 2.05) is 19.1 Å². The van der Waals surface area contributed by atoms with Crippen LogP contribution in [0.15, 0.2) is 24.5 Å². The summed E-state index contributed by atoms with van der Waals surface area (Å²) in [5, 5.41) is 7.49. The summed E-state index contributed by atoms with van der Waals surface area (Å²) in [4.78, 5) is 16.5. The second kappa shape index (κ2) is 7.21. The Morgan fingerprint density at radius 2 is 2.12 bits per heavy atom. The molecular weight excluding hydrogens is 328 g/mol. The van der Waals surface area contributed by atoms with E-state index in [0.717, 1.165) is 37.1 Å². The van der Waals surface area contributed by atoms with Crippen LogP contribution in [-0.2, 0) is 7.05 Å². The van der Waals surface area contributed by atoms with E-state index in [1.165, 1.54) is 4.68 Å². The van der Waals surface area contributed by atoms with Gasteiger partial charge >= 0.3 is 0 Å². The molecular formula is C17H21ClN4O2. The molecule has 1 aliphatic carbocycles. The van der Waals surface area contributed by atoms with Crippen LogP contribution < -0.4 is 10.1 Å². The van der Waals surface area contributed by atoms with E-state index in [2.05, 4.69) is 15.4 Å². The van der Waals surface area contributed by atoms with Gasteiger partial charge in [0.25, 0.3) is 5.91 Å². The number of nitrogens with one attached hydrogen (secondary N) is 1. The SMILES string of the molecule is Cc1ncccc1OC1CCC(NC(=O)c2nn(C)cc2Cl)CC1. The third-order valence-electron chi connectivity index (χ3n) is 4.26. The van der Waals surface area contributed by atoms with E-state index in [0.29, 0.717) is 5.02 Å². The highest BCUT2D eigenvalue weighted by molar-refractivity contribution is 6.33. The molecule has 1 aliphatic rings. The van der Waals surface area contributed by atoms with E-state index in [-0.39, 0.29) is 23.7 Å². The lowest BCUT2D eigenvalue weighted by atomic mass is 9.93. The Labute approximate surface area is 146 Å². The Kier molecular flexibility index (Phi) is 5.04. The van der Waals surface area contributed by atoms with Crippen molar-refractivity contribution >= 4 is 17.5 Å². The van der Waals surface area contributed by atoms with Gasteiger partial charge in [0.2, 0.25) is 0 Å². The van der Waals surface area contributed by atoms with Crippen LogP contribution in [0, 0.1) is 6.92 Å². The molecule has 0 aromatic carbocycles. The summed E-state index contributed by atoms with van der Waals surface area (Å²) in [5.74, 6) is 0.623. The zero-order chi connectivity index (χ0) is 17.1. The molecule has 6 nitrogen and oxygen atoms in total. The lowest BCUT2D eigenvalue weighted by Crippen LogP contribution is -2.40. The van der Waals surface area contributed by atoms with Crippen LogP contribution in [0.1, 0.15) is 41.9 Å². The molecule has 1 amide bonds. The van der Waals surface area contributed by atoms with Crippen LogP contribution in [-0.4, -0.2) is 32.8 Å². The summed E-state index contributed by atoms with van der Waals surface area (Å²) in [6, 6.07) is 3.95. The maximum Gasteiger partial charge on any atom is 0.273 e. The minimum Gasteiger partial charge on any atom is -0.489 e. The second-order valence-electron chi connectivity index (χ2n) is 6.15. The molecule has 3 rings (SSSR count). The average Bonchev–Trinajstić information content (AvgIpc) is 2.90. The number of carbonyl (C=O) groups is 1. The molecule has 24 heavy (non-hydrogen) atoms. The first-order valence-corrected chi connectivity index (χ1v) is 8.49. The fourth-order valence-corrected chi connectivity index (χ4v) is 3.23. The molecule has 2 aromatic heterocycles. The Morgan fingerprint density at radius 1 is 1.38 bits per heavy atom. The first-order chi connectivity index (χ1) is 11.5. The third kappa shape index (κ3) is 3.87. The highest BCUT2D eigenvalue weighted by Crippen LogP contribution is 2.25. The van der Waals surface area contributed by atoms with Crippen molar-refractivity contribution in [3.05, 3.63) is 40.9 Å². The summed E-state index contributed by atoms with van der Waals surface area (Å²) in [7, 11) is 1.74. The monoisotopic (exact) mass is 348 g/mol. The van der Waals surface area contributed by atoms with Gasteiger partial charge in [-0.1, -0.05) is 11.6 Å². The Morgan fingerprint density at radius 3 is 2.75 bits per heavy atom. The van der Waals surface area contributed by atoms with Gasteiger partial charge in [0.05, 0.1) is 16.8 Å². The molecule has 0 atom stereocenters. The zero-order valence-electron chi connectivity index (χ0n) is 13.8. The minimum absolute atomic E-state index is 0.130. The van der Waals surface area contributed by atoms with Crippen molar-refractivity contribution in [2.75, 3.05) is 0 Å². The summed E-state index contributed by atoms with van der Waals surface area (Å²) in [6.07, 6.45) is 7.10. The molecule has 1 N–H and O–H groups in total. The highest BCUT2D eigenvalue weighted by Gasteiger charge is 2.25. The smallest absolute Gasteiger partial charge is 0.273 e. The molecule has 0 spiro atoms. The van der Waals surface area contributed by atoms with Crippen molar-refractivity contribution in [1.29, 1.82) is 0 Å². The number of ether oxygens (including phenoxy) is 1. The Hall–Kier alpha value is -2.08. The van der Waals surface area contributed by atoms with E-state index in [9.17, 15) is 4.79 Å². The Bertz CT molecular complexity index is 723. The standard InChI is InChI=1S/C17H21ClN4O2/c1-11-15(4-3-9-19-11)24-13-7-5-12(6-8-13)20-17(23)16-14(18)10-22(2)21-16/h3-4,9-10,12-13H,5-8H2,1-2H3,(H,20,23). The molecule has 0 aliphatic heterocycles. The summed E-state index contributed by atoms with van der Waals surface area (Å²) in [5.41, 5.74) is 1.18. The topological polar surface area (TPSA) is 69.0 Å². The first kappa shape index (κ1) is 16.8. The highest BCUT2D eigenvalue weighted by atomic mass is 35.5. The zero-order valence-corrected chi connectivity index (χ0v) is 14.6. The fourth-order valence-electron chi connectivity index (χ4n) is 2.97. The largest absolute Gasteiger partial charge is 0.489 e. The van der Waals surface area contributed by atoms with E-state index < -0.39 is 0 Å². The third-order valence-corrected chi connectivity index (χ3v) is 4.54. The van der Waals surface area contributed by atoms with Crippen molar-refractivity contribution < 1.29 is 9.53 Å².